The maximum Gasteiger partial charge on any atom is 0.254 e. The zero-order valence-corrected chi connectivity index (χ0v) is 11.9. The maximum absolute atomic E-state index is 13.8. The first-order chi connectivity index (χ1) is 8.97. The molecule has 0 heterocycles. The lowest BCUT2D eigenvalue weighted by Crippen LogP contribution is -2.42. The third-order valence-electron chi connectivity index (χ3n) is 4.12. The van der Waals surface area contributed by atoms with Crippen LogP contribution in [0.1, 0.15) is 49.0 Å². The van der Waals surface area contributed by atoms with Crippen LogP contribution >= 0.6 is 0 Å². The Hall–Kier alpha value is -1.38. The van der Waals surface area contributed by atoms with Crippen LogP contribution in [0, 0.1) is 24.6 Å². The summed E-state index contributed by atoms with van der Waals surface area (Å²) in [5.41, 5.74) is 0.977. The molecule has 0 bridgehead atoms. The highest BCUT2D eigenvalue weighted by molar-refractivity contribution is 5.94. The molecule has 1 N–H and O–H groups in total. The first kappa shape index (κ1) is 14.0. The highest BCUT2D eigenvalue weighted by Crippen LogP contribution is 2.28. The molecular formula is C16H22FNO. The molecule has 1 aliphatic rings. The van der Waals surface area contributed by atoms with Gasteiger partial charge in [-0.25, -0.2) is 4.39 Å². The fourth-order valence-corrected chi connectivity index (χ4v) is 2.93. The maximum atomic E-state index is 13.8. The molecule has 1 saturated carbocycles. The van der Waals surface area contributed by atoms with Crippen molar-refractivity contribution in [3.05, 3.63) is 35.1 Å². The summed E-state index contributed by atoms with van der Waals surface area (Å²) in [5, 5.41) is 2.99. The van der Waals surface area contributed by atoms with Gasteiger partial charge in [-0.05, 0) is 55.7 Å². The average Bonchev–Trinajstić information content (AvgIpc) is 2.32. The minimum atomic E-state index is -0.436. The van der Waals surface area contributed by atoms with Crippen LogP contribution in [0.4, 0.5) is 4.39 Å². The van der Waals surface area contributed by atoms with Crippen molar-refractivity contribution in [2.24, 2.45) is 11.8 Å². The molecule has 1 aromatic carbocycles. The molecule has 1 aliphatic carbocycles. The van der Waals surface area contributed by atoms with E-state index in [-0.39, 0.29) is 17.5 Å². The fourth-order valence-electron chi connectivity index (χ4n) is 2.93. The molecule has 2 nitrogen and oxygen atoms in total. The Morgan fingerprint density at radius 1 is 1.32 bits per heavy atom. The predicted octanol–water partition coefficient (Wildman–Crippen LogP) is 3.69. The van der Waals surface area contributed by atoms with Crippen LogP contribution in [0.15, 0.2) is 18.2 Å². The van der Waals surface area contributed by atoms with Gasteiger partial charge in [0, 0.05) is 6.04 Å². The summed E-state index contributed by atoms with van der Waals surface area (Å²) in [7, 11) is 0. The van der Waals surface area contributed by atoms with E-state index in [1.54, 1.807) is 12.1 Å². The Kier molecular flexibility index (Phi) is 4.23. The zero-order valence-electron chi connectivity index (χ0n) is 11.9. The molecule has 104 valence electrons. The molecule has 3 atom stereocenters. The Morgan fingerprint density at radius 3 is 2.68 bits per heavy atom. The summed E-state index contributed by atoms with van der Waals surface area (Å²) in [5.74, 6) is 0.457. The van der Waals surface area contributed by atoms with Gasteiger partial charge in [0.1, 0.15) is 5.82 Å². The van der Waals surface area contributed by atoms with Crippen LogP contribution in [0.3, 0.4) is 0 Å². The fraction of sp³-hybridized carbons (Fsp3) is 0.562. The van der Waals surface area contributed by atoms with Crippen LogP contribution in [0.2, 0.25) is 0 Å². The summed E-state index contributed by atoms with van der Waals surface area (Å²) >= 11 is 0. The van der Waals surface area contributed by atoms with Crippen molar-refractivity contribution >= 4 is 5.91 Å². The molecular weight excluding hydrogens is 241 g/mol. The number of hydrogen-bond acceptors (Lipinski definition) is 1. The number of carbonyl (C=O) groups excluding carboxylic acids is 1. The molecule has 0 aromatic heterocycles. The molecule has 0 saturated heterocycles. The second-order valence-electron chi connectivity index (χ2n) is 5.96. The van der Waals surface area contributed by atoms with Crippen molar-refractivity contribution in [1.29, 1.82) is 0 Å². The van der Waals surface area contributed by atoms with Crippen molar-refractivity contribution in [3.63, 3.8) is 0 Å². The molecule has 19 heavy (non-hydrogen) atoms. The number of carbonyl (C=O) groups is 1. The molecule has 1 fully saturated rings. The smallest absolute Gasteiger partial charge is 0.254 e. The number of benzene rings is 1. The van der Waals surface area contributed by atoms with Gasteiger partial charge in [0.05, 0.1) is 5.56 Å². The van der Waals surface area contributed by atoms with E-state index in [1.165, 1.54) is 6.07 Å². The minimum Gasteiger partial charge on any atom is -0.349 e. The Labute approximate surface area is 114 Å². The topological polar surface area (TPSA) is 29.1 Å². The second-order valence-corrected chi connectivity index (χ2v) is 5.96. The Balaban J connectivity index is 2.04. The number of nitrogens with one attached hydrogen (secondary N) is 1. The predicted molar refractivity (Wildman–Crippen MR) is 74.6 cm³/mol. The van der Waals surface area contributed by atoms with Gasteiger partial charge in [0.2, 0.25) is 0 Å². The first-order valence-electron chi connectivity index (χ1n) is 7.04. The van der Waals surface area contributed by atoms with Crippen molar-refractivity contribution < 1.29 is 9.18 Å². The average molecular weight is 263 g/mol. The van der Waals surface area contributed by atoms with Gasteiger partial charge in [0.25, 0.3) is 5.91 Å². The van der Waals surface area contributed by atoms with Gasteiger partial charge in [-0.2, -0.15) is 0 Å². The Morgan fingerprint density at radius 2 is 2.05 bits per heavy atom. The molecule has 3 unspecified atom stereocenters. The third kappa shape index (κ3) is 3.34. The van der Waals surface area contributed by atoms with E-state index in [0.717, 1.165) is 30.7 Å². The van der Waals surface area contributed by atoms with Gasteiger partial charge in [-0.1, -0.05) is 19.9 Å². The normalized spacial score (nSPS) is 27.1. The monoisotopic (exact) mass is 263 g/mol. The van der Waals surface area contributed by atoms with Crippen LogP contribution in [-0.4, -0.2) is 11.9 Å². The Bertz CT molecular complexity index is 472. The SMILES string of the molecule is Cc1ccc(C(=O)NC2CCC(C)CC2C)c(F)c1. The lowest BCUT2D eigenvalue weighted by Gasteiger charge is -2.33. The molecule has 1 amide bonds. The first-order valence-corrected chi connectivity index (χ1v) is 7.04. The number of aryl methyl sites for hydroxylation is 1. The zero-order chi connectivity index (χ0) is 14.0. The van der Waals surface area contributed by atoms with E-state index in [9.17, 15) is 9.18 Å². The molecule has 1 aromatic rings. The van der Waals surface area contributed by atoms with Gasteiger partial charge in [0.15, 0.2) is 0 Å². The van der Waals surface area contributed by atoms with Crippen molar-refractivity contribution in [1.82, 2.24) is 5.32 Å². The quantitative estimate of drug-likeness (QED) is 0.866. The van der Waals surface area contributed by atoms with Crippen molar-refractivity contribution in [2.45, 2.75) is 46.1 Å². The van der Waals surface area contributed by atoms with Crippen LogP contribution < -0.4 is 5.32 Å². The van der Waals surface area contributed by atoms with Gasteiger partial charge < -0.3 is 5.32 Å². The number of hydrogen-bond donors (Lipinski definition) is 1. The highest BCUT2D eigenvalue weighted by atomic mass is 19.1. The lowest BCUT2D eigenvalue weighted by molar-refractivity contribution is 0.0895. The molecule has 0 radical (unpaired) electrons. The number of amides is 1. The van der Waals surface area contributed by atoms with E-state index < -0.39 is 5.82 Å². The summed E-state index contributed by atoms with van der Waals surface area (Å²) in [6.07, 6.45) is 3.24. The minimum absolute atomic E-state index is 0.149. The van der Waals surface area contributed by atoms with Crippen LogP contribution in [0.5, 0.6) is 0 Å². The number of halogens is 1. The van der Waals surface area contributed by atoms with Gasteiger partial charge >= 0.3 is 0 Å². The summed E-state index contributed by atoms with van der Waals surface area (Å²) in [6.45, 7) is 6.22. The van der Waals surface area contributed by atoms with E-state index in [1.807, 2.05) is 6.92 Å². The van der Waals surface area contributed by atoms with Gasteiger partial charge in [-0.3, -0.25) is 4.79 Å². The van der Waals surface area contributed by atoms with Crippen molar-refractivity contribution in [2.75, 3.05) is 0 Å². The van der Waals surface area contributed by atoms with Crippen LogP contribution in [-0.2, 0) is 0 Å². The largest absolute Gasteiger partial charge is 0.349 e. The van der Waals surface area contributed by atoms with E-state index >= 15 is 0 Å². The van der Waals surface area contributed by atoms with Crippen molar-refractivity contribution in [3.8, 4) is 0 Å². The molecule has 0 spiro atoms. The second kappa shape index (κ2) is 5.72. The lowest BCUT2D eigenvalue weighted by atomic mass is 9.80. The number of rotatable bonds is 2. The molecule has 3 heteroatoms. The standard InChI is InChI=1S/C16H22FNO/c1-10-5-7-15(12(3)8-10)18-16(19)13-6-4-11(2)9-14(13)17/h4,6,9-10,12,15H,5,7-8H2,1-3H3,(H,18,19). The van der Waals surface area contributed by atoms with Gasteiger partial charge in [-0.15, -0.1) is 0 Å². The van der Waals surface area contributed by atoms with Crippen LogP contribution in [0.25, 0.3) is 0 Å². The van der Waals surface area contributed by atoms with E-state index in [2.05, 4.69) is 19.2 Å². The summed E-state index contributed by atoms with van der Waals surface area (Å²) < 4.78 is 13.8. The summed E-state index contributed by atoms with van der Waals surface area (Å²) in [4.78, 5) is 12.1. The highest BCUT2D eigenvalue weighted by Gasteiger charge is 2.27. The summed E-state index contributed by atoms with van der Waals surface area (Å²) in [6, 6.07) is 4.91. The van der Waals surface area contributed by atoms with E-state index in [0.29, 0.717) is 5.92 Å². The molecule has 0 aliphatic heterocycles. The van der Waals surface area contributed by atoms with E-state index in [4.69, 9.17) is 0 Å². The third-order valence-corrected chi connectivity index (χ3v) is 4.12. The molecule has 2 rings (SSSR count).